The van der Waals surface area contributed by atoms with Gasteiger partial charge in [-0.3, -0.25) is 0 Å². The molecule has 0 spiro atoms. The number of carbonyl (C=O) groups excluding carboxylic acids is 2. The van der Waals surface area contributed by atoms with Crippen LogP contribution in [0, 0.1) is 0 Å². The first kappa shape index (κ1) is 20.1. The average molecular weight is 312 g/mol. The number of esters is 2. The summed E-state index contributed by atoms with van der Waals surface area (Å²) < 4.78 is 14.1. The number of ether oxygens (including phenoxy) is 3. The molecule has 0 saturated heterocycles. The highest BCUT2D eigenvalue weighted by molar-refractivity contribution is 6.03. The molecule has 1 aromatic rings. The smallest absolute Gasteiger partial charge is 0.341 e. The van der Waals surface area contributed by atoms with Gasteiger partial charge in [-0.25, -0.2) is 9.59 Å². The maximum Gasteiger partial charge on any atom is 0.341 e. The molecular weight excluding hydrogens is 288 g/mol. The summed E-state index contributed by atoms with van der Waals surface area (Å²) in [5.41, 5.74) is 0.190. The molecule has 1 N–H and O–H groups in total. The number of aliphatic hydroxyl groups excluding tert-OH is 1. The topological polar surface area (TPSA) is 82.1 Å². The van der Waals surface area contributed by atoms with Gasteiger partial charge in [-0.15, -0.1) is 0 Å². The molecule has 1 atom stereocenters. The summed E-state index contributed by atoms with van der Waals surface area (Å²) in [5.74, 6) is -1.37. The van der Waals surface area contributed by atoms with Crippen molar-refractivity contribution in [1.29, 1.82) is 0 Å². The molecule has 1 unspecified atom stereocenters. The van der Waals surface area contributed by atoms with E-state index in [-0.39, 0.29) is 17.5 Å². The molecule has 0 aliphatic rings. The molecule has 0 aromatic heterocycles. The average Bonchev–Trinajstić information content (AvgIpc) is 2.55. The number of hydrogen-bond acceptors (Lipinski definition) is 6. The highest BCUT2D eigenvalue weighted by atomic mass is 16.6. The monoisotopic (exact) mass is 312 g/mol. The Bertz CT molecular complexity index is 456. The third kappa shape index (κ3) is 7.19. The lowest BCUT2D eigenvalue weighted by atomic mass is 10.1. The fourth-order valence-corrected chi connectivity index (χ4v) is 1.42. The molecule has 0 fully saturated rings. The number of hydrogen-bond donors (Lipinski definition) is 1. The highest BCUT2D eigenvalue weighted by Gasteiger charge is 2.19. The summed E-state index contributed by atoms with van der Waals surface area (Å²) in [6, 6.07) is 6.11. The third-order valence-corrected chi connectivity index (χ3v) is 2.55. The second kappa shape index (κ2) is 11.7. The summed E-state index contributed by atoms with van der Waals surface area (Å²) in [7, 11) is 1.23. The Morgan fingerprint density at radius 2 is 1.55 bits per heavy atom. The second-order valence-electron chi connectivity index (χ2n) is 4.09. The van der Waals surface area contributed by atoms with E-state index in [0.717, 1.165) is 13.2 Å². The van der Waals surface area contributed by atoms with E-state index in [4.69, 9.17) is 9.47 Å². The van der Waals surface area contributed by atoms with Gasteiger partial charge < -0.3 is 19.3 Å². The Hall–Kier alpha value is -1.92. The van der Waals surface area contributed by atoms with Gasteiger partial charge in [0.25, 0.3) is 0 Å². The number of rotatable bonds is 6. The molecule has 0 saturated carbocycles. The Balaban J connectivity index is 0.000000763. The van der Waals surface area contributed by atoms with Crippen LogP contribution >= 0.6 is 0 Å². The van der Waals surface area contributed by atoms with Crippen molar-refractivity contribution in [1.82, 2.24) is 0 Å². The molecule has 124 valence electrons. The Kier molecular flexibility index (Phi) is 10.7. The SMILES string of the molecule is CCC(O)OC(=O)c1ccccc1C(=O)OC.CCOCC. The summed E-state index contributed by atoms with van der Waals surface area (Å²) in [4.78, 5) is 23.1. The van der Waals surface area contributed by atoms with Crippen LogP contribution < -0.4 is 0 Å². The van der Waals surface area contributed by atoms with E-state index in [1.807, 2.05) is 13.8 Å². The van der Waals surface area contributed by atoms with Crippen LogP contribution in [0.2, 0.25) is 0 Å². The molecule has 0 aliphatic carbocycles. The lowest BCUT2D eigenvalue weighted by Crippen LogP contribution is -2.19. The highest BCUT2D eigenvalue weighted by Crippen LogP contribution is 2.12. The summed E-state index contributed by atoms with van der Waals surface area (Å²) in [5, 5.41) is 9.22. The van der Waals surface area contributed by atoms with Gasteiger partial charge in [0.15, 0.2) is 0 Å². The van der Waals surface area contributed by atoms with Crippen LogP contribution in [0.3, 0.4) is 0 Å². The molecule has 0 radical (unpaired) electrons. The van der Waals surface area contributed by atoms with E-state index >= 15 is 0 Å². The zero-order valence-electron chi connectivity index (χ0n) is 13.5. The fourth-order valence-electron chi connectivity index (χ4n) is 1.42. The summed E-state index contributed by atoms with van der Waals surface area (Å²) in [6.07, 6.45) is -0.889. The predicted octanol–water partition coefficient (Wildman–Crippen LogP) is 2.40. The normalized spacial score (nSPS) is 11.0. The van der Waals surface area contributed by atoms with Gasteiger partial charge in [0.05, 0.1) is 18.2 Å². The number of carbonyl (C=O) groups is 2. The Morgan fingerprint density at radius 3 is 1.91 bits per heavy atom. The quantitative estimate of drug-likeness (QED) is 0.641. The van der Waals surface area contributed by atoms with E-state index in [9.17, 15) is 14.7 Å². The van der Waals surface area contributed by atoms with Crippen LogP contribution in [-0.2, 0) is 14.2 Å². The van der Waals surface area contributed by atoms with Crippen LogP contribution in [-0.4, -0.2) is 43.7 Å². The van der Waals surface area contributed by atoms with E-state index in [1.165, 1.54) is 19.2 Å². The minimum absolute atomic E-state index is 0.0758. The van der Waals surface area contributed by atoms with Crippen LogP contribution in [0.25, 0.3) is 0 Å². The molecule has 6 heteroatoms. The van der Waals surface area contributed by atoms with Crippen molar-refractivity contribution < 1.29 is 28.9 Å². The van der Waals surface area contributed by atoms with Crippen molar-refractivity contribution in [3.8, 4) is 0 Å². The zero-order valence-corrected chi connectivity index (χ0v) is 13.5. The molecule has 22 heavy (non-hydrogen) atoms. The summed E-state index contributed by atoms with van der Waals surface area (Å²) >= 11 is 0. The fraction of sp³-hybridized carbons (Fsp3) is 0.500. The first-order valence-electron chi connectivity index (χ1n) is 7.15. The van der Waals surface area contributed by atoms with Crippen LogP contribution in [0.1, 0.15) is 47.9 Å². The van der Waals surface area contributed by atoms with Gasteiger partial charge in [0.2, 0.25) is 6.29 Å². The largest absolute Gasteiger partial charge is 0.465 e. The number of benzene rings is 1. The van der Waals surface area contributed by atoms with Gasteiger partial charge in [0.1, 0.15) is 0 Å². The third-order valence-electron chi connectivity index (χ3n) is 2.55. The Labute approximate surface area is 131 Å². The van der Waals surface area contributed by atoms with E-state index in [0.29, 0.717) is 0 Å². The predicted molar refractivity (Wildman–Crippen MR) is 81.7 cm³/mol. The molecule has 0 aliphatic heterocycles. The van der Waals surface area contributed by atoms with Gasteiger partial charge in [-0.05, 0) is 26.0 Å². The van der Waals surface area contributed by atoms with Crippen LogP contribution in [0.15, 0.2) is 24.3 Å². The molecule has 0 amide bonds. The van der Waals surface area contributed by atoms with Gasteiger partial charge in [-0.1, -0.05) is 19.1 Å². The van der Waals surface area contributed by atoms with Crippen LogP contribution in [0.4, 0.5) is 0 Å². The first-order chi connectivity index (χ1) is 10.5. The molecule has 0 heterocycles. The molecule has 1 aromatic carbocycles. The molecular formula is C16H24O6. The van der Waals surface area contributed by atoms with Crippen molar-refractivity contribution in [2.45, 2.75) is 33.5 Å². The Morgan fingerprint density at radius 1 is 1.05 bits per heavy atom. The van der Waals surface area contributed by atoms with Crippen molar-refractivity contribution >= 4 is 11.9 Å². The maximum absolute atomic E-state index is 11.7. The van der Waals surface area contributed by atoms with Gasteiger partial charge in [-0.2, -0.15) is 0 Å². The first-order valence-corrected chi connectivity index (χ1v) is 7.15. The van der Waals surface area contributed by atoms with Crippen molar-refractivity contribution in [2.75, 3.05) is 20.3 Å². The maximum atomic E-state index is 11.7. The van der Waals surface area contributed by atoms with E-state index < -0.39 is 18.2 Å². The molecule has 1 rings (SSSR count). The lowest BCUT2D eigenvalue weighted by Gasteiger charge is -2.11. The minimum Gasteiger partial charge on any atom is -0.465 e. The van der Waals surface area contributed by atoms with E-state index in [2.05, 4.69) is 4.74 Å². The second-order valence-corrected chi connectivity index (χ2v) is 4.09. The van der Waals surface area contributed by atoms with E-state index in [1.54, 1.807) is 19.1 Å². The lowest BCUT2D eigenvalue weighted by molar-refractivity contribution is -0.0657. The number of aliphatic hydroxyl groups is 1. The van der Waals surface area contributed by atoms with Crippen molar-refractivity contribution in [3.63, 3.8) is 0 Å². The molecule has 6 nitrogen and oxygen atoms in total. The standard InChI is InChI=1S/C12H14O5.C4H10O/c1-3-10(13)17-12(15)9-7-5-4-6-8(9)11(14)16-2;1-3-5-4-2/h4-7,10,13H,3H2,1-2H3;3-4H2,1-2H3. The van der Waals surface area contributed by atoms with Crippen molar-refractivity contribution in [3.05, 3.63) is 35.4 Å². The number of methoxy groups -OCH3 is 1. The summed E-state index contributed by atoms with van der Waals surface area (Å²) in [6.45, 7) is 7.34. The molecule has 0 bridgehead atoms. The van der Waals surface area contributed by atoms with Crippen molar-refractivity contribution in [2.24, 2.45) is 0 Å². The van der Waals surface area contributed by atoms with Crippen LogP contribution in [0.5, 0.6) is 0 Å². The minimum atomic E-state index is -1.17. The van der Waals surface area contributed by atoms with Gasteiger partial charge >= 0.3 is 11.9 Å². The van der Waals surface area contributed by atoms with Gasteiger partial charge in [0, 0.05) is 19.6 Å². The zero-order chi connectivity index (χ0) is 17.0.